The van der Waals surface area contributed by atoms with Crippen molar-refractivity contribution in [2.24, 2.45) is 5.92 Å². The summed E-state index contributed by atoms with van der Waals surface area (Å²) < 4.78 is 17.2. The summed E-state index contributed by atoms with van der Waals surface area (Å²) in [6, 6.07) is 24.5. The molecule has 0 radical (unpaired) electrons. The monoisotopic (exact) mass is 1180 g/mol. The zero-order chi connectivity index (χ0) is 61.4. The molecule has 2 aliphatic rings. The number of anilines is 4. The lowest BCUT2D eigenvalue weighted by Crippen LogP contribution is -2.46. The molecule has 25 nitrogen and oxygen atoms in total. The maximum Gasteiger partial charge on any atom is 0.223 e. The number of aliphatic hydroxyl groups excluding tert-OH is 1. The zero-order valence-corrected chi connectivity index (χ0v) is 49.8. The molecule has 10 aromatic rings. The Balaban J connectivity index is 0.000000182. The number of nitriles is 2. The molecule has 2 saturated heterocycles. The van der Waals surface area contributed by atoms with Crippen molar-refractivity contribution in [3.05, 3.63) is 145 Å². The summed E-state index contributed by atoms with van der Waals surface area (Å²) in [5.74, 6) is 3.53. The molecular formula is C63H69N21O4. The van der Waals surface area contributed by atoms with Gasteiger partial charge in [-0.2, -0.15) is 20.7 Å². The predicted molar refractivity (Wildman–Crippen MR) is 334 cm³/mol. The van der Waals surface area contributed by atoms with Gasteiger partial charge in [-0.15, -0.1) is 10.2 Å². The first-order valence-corrected chi connectivity index (χ1v) is 28.9. The highest BCUT2D eigenvalue weighted by molar-refractivity contribution is 5.91. The second-order valence-corrected chi connectivity index (χ2v) is 22.1. The number of fused-ring (bicyclic) bond motifs is 2. The largest absolute Gasteiger partial charge is 0.481 e. The number of hydrogen-bond donors (Lipinski definition) is 3. The van der Waals surface area contributed by atoms with Crippen LogP contribution in [0, 0.1) is 28.6 Å². The number of aryl methyl sites for hydroxylation is 1. The molecule has 0 aliphatic carbocycles. The number of piperazine rings is 2. The Kier molecular flexibility index (Phi) is 17.8. The first kappa shape index (κ1) is 59.3. The highest BCUT2D eigenvalue weighted by atomic mass is 16.5. The molecule has 2 fully saturated rings. The van der Waals surface area contributed by atoms with Crippen LogP contribution in [-0.2, 0) is 31.0 Å². The van der Waals surface area contributed by atoms with Gasteiger partial charge in [0.2, 0.25) is 17.7 Å². The number of nitrogens with two attached hydrogens (primary N) is 2. The van der Waals surface area contributed by atoms with Crippen molar-refractivity contribution >= 4 is 40.2 Å². The number of rotatable bonds is 18. The summed E-state index contributed by atoms with van der Waals surface area (Å²) in [7, 11) is 6.72. The maximum absolute atomic E-state index is 12.0. The topological polar surface area (TPSA) is 293 Å². The van der Waals surface area contributed by atoms with E-state index in [2.05, 4.69) is 74.2 Å². The van der Waals surface area contributed by atoms with Crippen LogP contribution in [0.5, 0.6) is 11.8 Å². The van der Waals surface area contributed by atoms with Crippen molar-refractivity contribution in [1.29, 1.82) is 10.5 Å². The van der Waals surface area contributed by atoms with Crippen molar-refractivity contribution in [3.63, 3.8) is 0 Å². The highest BCUT2D eigenvalue weighted by Crippen LogP contribution is 2.36. The number of ether oxygens (including phenoxy) is 2. The number of nitrogen functional groups attached to an aromatic ring is 2. The average Bonchev–Trinajstić information content (AvgIpc) is 1.84. The van der Waals surface area contributed by atoms with Gasteiger partial charge < -0.3 is 40.7 Å². The maximum atomic E-state index is 12.0. The minimum absolute atomic E-state index is 0.0377. The fourth-order valence-electron chi connectivity index (χ4n) is 10.9. The smallest absolute Gasteiger partial charge is 0.223 e. The van der Waals surface area contributed by atoms with E-state index in [4.69, 9.17) is 30.9 Å². The van der Waals surface area contributed by atoms with Crippen LogP contribution in [0.2, 0.25) is 0 Å². The molecule has 0 saturated carbocycles. The van der Waals surface area contributed by atoms with Gasteiger partial charge in [-0.05, 0) is 53.4 Å². The van der Waals surface area contributed by atoms with Crippen LogP contribution in [-0.4, -0.2) is 172 Å². The van der Waals surface area contributed by atoms with Crippen LogP contribution in [0.3, 0.4) is 0 Å². The summed E-state index contributed by atoms with van der Waals surface area (Å²) in [5, 5.41) is 47.0. The first-order chi connectivity index (χ1) is 42.8. The third kappa shape index (κ3) is 13.2. The lowest BCUT2D eigenvalue weighted by molar-refractivity contribution is -0.128. The summed E-state index contributed by atoms with van der Waals surface area (Å²) in [5.41, 5.74) is 23.3. The summed E-state index contributed by atoms with van der Waals surface area (Å²) in [4.78, 5) is 41.3. The fraction of sp³-hybridized carbons (Fsp3) is 0.317. The normalized spacial score (nSPS) is 14.1. The van der Waals surface area contributed by atoms with Crippen LogP contribution < -0.4 is 30.7 Å². The molecular weight excluding hydrogens is 1110 g/mol. The van der Waals surface area contributed by atoms with Crippen molar-refractivity contribution in [3.8, 4) is 68.4 Å². The molecule has 1 amide bonds. The predicted octanol–water partition coefficient (Wildman–Crippen LogP) is 5.99. The Morgan fingerprint density at radius 2 is 1.07 bits per heavy atom. The van der Waals surface area contributed by atoms with E-state index < -0.39 is 0 Å². The molecule has 450 valence electrons. The number of amides is 1. The second kappa shape index (κ2) is 26.4. The van der Waals surface area contributed by atoms with E-state index in [0.717, 1.165) is 133 Å². The van der Waals surface area contributed by atoms with Gasteiger partial charge in [-0.25, -0.2) is 29.0 Å². The number of hydrogen-bond acceptors (Lipinski definition) is 20. The Hall–Kier alpha value is -10.5. The van der Waals surface area contributed by atoms with Crippen LogP contribution in [0.15, 0.2) is 123 Å². The van der Waals surface area contributed by atoms with Crippen LogP contribution in [0.4, 0.5) is 23.3 Å². The van der Waals surface area contributed by atoms with Gasteiger partial charge in [0.25, 0.3) is 0 Å². The molecule has 88 heavy (non-hydrogen) atoms. The number of nitrogens with zero attached hydrogens (tertiary/aromatic N) is 19. The standard InChI is InChI=1S/C32H35N11O2.C31H34N10O2/c1-39(2)30(44)8-9-42-20-25(18-37-42)24-14-26(31-27(15-33)32(34)38-43(31)21-24)23-5-6-28(35-17-23)41-12-10-40(11-13-41)19-22-4-7-29(45-3)36-16-22;1-21(20-42)16-40-18-25(15-36-40)24-11-26(30-27(12-32)31(33)37-41(30)19-24)23-4-5-28(34-14-23)39-9-7-38(8-10-39)17-22-3-6-29(43-2)35-13-22/h4-7,14,16-18,20-21H,8-13,19H2,1-3H3,(H2,34,38);3-6,11,13-15,18-19,21,42H,7-10,16-17,20H2,1-2H3,(H2,33,37)/t;21-/m.1/s1. The third-order valence-corrected chi connectivity index (χ3v) is 15.9. The summed E-state index contributed by atoms with van der Waals surface area (Å²) in [6.45, 7) is 11.9. The van der Waals surface area contributed by atoms with E-state index in [1.165, 1.54) is 0 Å². The average molecular weight is 1180 g/mol. The van der Waals surface area contributed by atoms with Gasteiger partial charge >= 0.3 is 0 Å². The molecule has 1 atom stereocenters. The molecule has 0 aromatic carbocycles. The van der Waals surface area contributed by atoms with Gasteiger partial charge in [0.1, 0.15) is 34.9 Å². The number of aliphatic hydroxyl groups is 1. The van der Waals surface area contributed by atoms with E-state index in [1.807, 2.05) is 110 Å². The van der Waals surface area contributed by atoms with E-state index in [-0.39, 0.29) is 30.1 Å². The second-order valence-electron chi connectivity index (χ2n) is 22.1. The molecule has 5 N–H and O–H groups in total. The number of aromatic nitrogens is 12. The van der Waals surface area contributed by atoms with Crippen molar-refractivity contribution in [2.75, 3.05) is 109 Å². The minimum Gasteiger partial charge on any atom is -0.481 e. The van der Waals surface area contributed by atoms with Gasteiger partial charge in [-0.1, -0.05) is 19.1 Å². The third-order valence-electron chi connectivity index (χ3n) is 15.9. The van der Waals surface area contributed by atoms with Crippen molar-refractivity contribution in [1.82, 2.24) is 73.4 Å². The quantitative estimate of drug-likeness (QED) is 0.0889. The SMILES string of the molecule is COc1ccc(CN2CCN(c3ccc(-c4cc(-c5cnn(CCC(=O)N(C)C)c5)cn5nc(N)c(C#N)c45)cn3)CC2)cn1.COc1ccc(CN2CCN(c3ccc(-c4cc(-c5cnn(C[C@@H](C)CO)c5)cn5nc(N)c(C#N)c45)cn3)CC2)cn1. The Morgan fingerprint density at radius 3 is 1.47 bits per heavy atom. The number of carbonyl (C=O) groups is 1. The molecule has 25 heteroatoms. The van der Waals surface area contributed by atoms with Gasteiger partial charge in [0.05, 0.1) is 37.6 Å². The molecule has 0 unspecified atom stereocenters. The Bertz CT molecular complexity index is 4130. The van der Waals surface area contributed by atoms with Crippen molar-refractivity contribution in [2.45, 2.75) is 39.5 Å². The van der Waals surface area contributed by atoms with Crippen LogP contribution >= 0.6 is 0 Å². The van der Waals surface area contributed by atoms with Crippen molar-refractivity contribution < 1.29 is 19.4 Å². The first-order valence-electron chi connectivity index (χ1n) is 28.9. The molecule has 10 aromatic heterocycles. The van der Waals surface area contributed by atoms with E-state index >= 15 is 0 Å². The lowest BCUT2D eigenvalue weighted by atomic mass is 10.0. The molecule has 2 aliphatic heterocycles. The summed E-state index contributed by atoms with van der Waals surface area (Å²) in [6.07, 6.45) is 18.9. The molecule has 0 spiro atoms. The number of carbonyl (C=O) groups excluding carboxylic acids is 1. The van der Waals surface area contributed by atoms with E-state index in [1.54, 1.807) is 59.3 Å². The number of methoxy groups -OCH3 is 2. The molecule has 12 heterocycles. The van der Waals surface area contributed by atoms with Gasteiger partial charge in [0.15, 0.2) is 11.6 Å². The Morgan fingerprint density at radius 1 is 0.602 bits per heavy atom. The molecule has 0 bridgehead atoms. The lowest BCUT2D eigenvalue weighted by Gasteiger charge is -2.35. The minimum atomic E-state index is 0.0377. The Labute approximate surface area is 508 Å². The van der Waals surface area contributed by atoms with Gasteiger partial charge in [-0.3, -0.25) is 24.0 Å². The van der Waals surface area contributed by atoms with E-state index in [0.29, 0.717) is 53.4 Å². The summed E-state index contributed by atoms with van der Waals surface area (Å²) >= 11 is 0. The van der Waals surface area contributed by atoms with E-state index in [9.17, 15) is 20.4 Å². The highest BCUT2D eigenvalue weighted by Gasteiger charge is 2.24. The number of pyridine rings is 6. The van der Waals surface area contributed by atoms with Crippen LogP contribution in [0.1, 0.15) is 35.6 Å². The van der Waals surface area contributed by atoms with Crippen LogP contribution in [0.25, 0.3) is 55.5 Å². The molecule has 12 rings (SSSR count). The fourth-order valence-corrected chi connectivity index (χ4v) is 10.9. The zero-order valence-electron chi connectivity index (χ0n) is 49.8. The van der Waals surface area contributed by atoms with Gasteiger partial charge in [0, 0.05) is 212 Å².